The maximum absolute atomic E-state index is 10.3. The molecular formula is C17H20O3. The number of methoxy groups -OCH3 is 2. The molecule has 0 fully saturated rings. The van der Waals surface area contributed by atoms with Gasteiger partial charge >= 0.3 is 0 Å². The second kappa shape index (κ2) is 8.00. The van der Waals surface area contributed by atoms with Gasteiger partial charge in [-0.25, -0.2) is 0 Å². The standard InChI is InChI=1S/C9H10O2.C8H10O/c1-7-3-4-8(6-10)5-9(7)11-2;1-7-5-3-4-6-8(7)9-2/h3-6H,1-2H3;3-6H,1-2H3. The van der Waals surface area contributed by atoms with Crippen molar-refractivity contribution in [1.82, 2.24) is 0 Å². The Hall–Kier alpha value is -2.29. The molecule has 0 aliphatic carbocycles. The number of aldehydes is 1. The largest absolute Gasteiger partial charge is 0.496 e. The van der Waals surface area contributed by atoms with Crippen molar-refractivity contribution >= 4 is 6.29 Å². The molecule has 0 saturated heterocycles. The van der Waals surface area contributed by atoms with Crippen molar-refractivity contribution in [3.8, 4) is 11.5 Å². The van der Waals surface area contributed by atoms with Crippen LogP contribution in [-0.4, -0.2) is 20.5 Å². The fraction of sp³-hybridized carbons (Fsp3) is 0.235. The highest BCUT2D eigenvalue weighted by atomic mass is 16.5. The van der Waals surface area contributed by atoms with Gasteiger partial charge in [0, 0.05) is 5.56 Å². The van der Waals surface area contributed by atoms with Crippen LogP contribution in [0.1, 0.15) is 21.5 Å². The van der Waals surface area contributed by atoms with Crippen LogP contribution in [0.4, 0.5) is 0 Å². The number of aryl methyl sites for hydroxylation is 2. The molecule has 0 aliphatic rings. The van der Waals surface area contributed by atoms with Crippen molar-refractivity contribution in [3.05, 3.63) is 59.2 Å². The molecule has 0 spiro atoms. The monoisotopic (exact) mass is 272 g/mol. The Kier molecular flexibility index (Phi) is 6.30. The van der Waals surface area contributed by atoms with Crippen molar-refractivity contribution in [2.45, 2.75) is 13.8 Å². The molecule has 0 N–H and O–H groups in total. The van der Waals surface area contributed by atoms with Gasteiger partial charge in [-0.15, -0.1) is 0 Å². The Bertz CT molecular complexity index is 562. The summed E-state index contributed by atoms with van der Waals surface area (Å²) in [5.41, 5.74) is 2.87. The first kappa shape index (κ1) is 15.8. The van der Waals surface area contributed by atoms with Crippen LogP contribution in [0.3, 0.4) is 0 Å². The summed E-state index contributed by atoms with van der Waals surface area (Å²) in [5, 5.41) is 0. The summed E-state index contributed by atoms with van der Waals surface area (Å²) in [7, 11) is 3.28. The third-order valence-corrected chi connectivity index (χ3v) is 2.88. The number of para-hydroxylation sites is 1. The van der Waals surface area contributed by atoms with Gasteiger partial charge in [0.2, 0.25) is 0 Å². The first-order valence-corrected chi connectivity index (χ1v) is 6.31. The molecule has 0 radical (unpaired) electrons. The van der Waals surface area contributed by atoms with E-state index in [1.165, 1.54) is 5.56 Å². The van der Waals surface area contributed by atoms with Crippen LogP contribution >= 0.6 is 0 Å². The molecular weight excluding hydrogens is 252 g/mol. The lowest BCUT2D eigenvalue weighted by Crippen LogP contribution is -1.88. The Labute approximate surface area is 120 Å². The van der Waals surface area contributed by atoms with Crippen molar-refractivity contribution in [3.63, 3.8) is 0 Å². The van der Waals surface area contributed by atoms with Crippen molar-refractivity contribution in [2.24, 2.45) is 0 Å². The quantitative estimate of drug-likeness (QED) is 0.797. The van der Waals surface area contributed by atoms with Gasteiger partial charge in [0.1, 0.15) is 17.8 Å². The molecule has 3 nitrogen and oxygen atoms in total. The van der Waals surface area contributed by atoms with E-state index in [-0.39, 0.29) is 0 Å². The van der Waals surface area contributed by atoms with Gasteiger partial charge in [-0.1, -0.05) is 30.3 Å². The molecule has 106 valence electrons. The molecule has 0 amide bonds. The first-order chi connectivity index (χ1) is 9.62. The van der Waals surface area contributed by atoms with E-state index in [0.29, 0.717) is 5.56 Å². The maximum Gasteiger partial charge on any atom is 0.150 e. The lowest BCUT2D eigenvalue weighted by atomic mass is 10.1. The van der Waals surface area contributed by atoms with Gasteiger partial charge in [-0.3, -0.25) is 4.79 Å². The molecule has 0 unspecified atom stereocenters. The van der Waals surface area contributed by atoms with E-state index in [4.69, 9.17) is 9.47 Å². The van der Waals surface area contributed by atoms with Crippen LogP contribution < -0.4 is 9.47 Å². The van der Waals surface area contributed by atoms with Crippen LogP contribution in [0.5, 0.6) is 11.5 Å². The predicted octanol–water partition coefficient (Wildman–Crippen LogP) is 3.82. The van der Waals surface area contributed by atoms with Crippen molar-refractivity contribution < 1.29 is 14.3 Å². The van der Waals surface area contributed by atoms with Gasteiger partial charge in [-0.05, 0) is 37.1 Å². The number of benzene rings is 2. The highest BCUT2D eigenvalue weighted by molar-refractivity contribution is 5.75. The van der Waals surface area contributed by atoms with Crippen molar-refractivity contribution in [2.75, 3.05) is 14.2 Å². The molecule has 2 aromatic carbocycles. The van der Waals surface area contributed by atoms with Crippen LogP contribution in [0, 0.1) is 13.8 Å². The van der Waals surface area contributed by atoms with E-state index < -0.39 is 0 Å². The normalized spacial score (nSPS) is 9.20. The zero-order valence-corrected chi connectivity index (χ0v) is 12.3. The lowest BCUT2D eigenvalue weighted by Gasteiger charge is -2.03. The van der Waals surface area contributed by atoms with E-state index in [2.05, 4.69) is 0 Å². The third kappa shape index (κ3) is 4.43. The smallest absolute Gasteiger partial charge is 0.150 e. The summed E-state index contributed by atoms with van der Waals surface area (Å²) in [6.07, 6.45) is 0.808. The fourth-order valence-electron chi connectivity index (χ4n) is 1.70. The minimum Gasteiger partial charge on any atom is -0.496 e. The first-order valence-electron chi connectivity index (χ1n) is 6.31. The molecule has 3 heteroatoms. The maximum atomic E-state index is 10.3. The predicted molar refractivity (Wildman–Crippen MR) is 80.8 cm³/mol. The zero-order chi connectivity index (χ0) is 15.0. The number of rotatable bonds is 3. The Morgan fingerprint density at radius 2 is 1.45 bits per heavy atom. The molecule has 2 aromatic rings. The summed E-state index contributed by atoms with van der Waals surface area (Å²) in [5.74, 6) is 1.71. The van der Waals surface area contributed by atoms with Crippen molar-refractivity contribution in [1.29, 1.82) is 0 Å². The van der Waals surface area contributed by atoms with Crippen LogP contribution in [0.25, 0.3) is 0 Å². The Morgan fingerprint density at radius 3 is 1.95 bits per heavy atom. The summed E-state index contributed by atoms with van der Waals surface area (Å²) in [6.45, 7) is 3.96. The summed E-state index contributed by atoms with van der Waals surface area (Å²) >= 11 is 0. The van der Waals surface area contributed by atoms with Gasteiger partial charge < -0.3 is 9.47 Å². The molecule has 0 bridgehead atoms. The average Bonchev–Trinajstić information content (AvgIpc) is 2.49. The van der Waals surface area contributed by atoms with Gasteiger partial charge in [0.15, 0.2) is 0 Å². The van der Waals surface area contributed by atoms with Gasteiger partial charge in [0.05, 0.1) is 14.2 Å². The zero-order valence-electron chi connectivity index (χ0n) is 12.3. The summed E-state index contributed by atoms with van der Waals surface area (Å²) in [4.78, 5) is 10.3. The lowest BCUT2D eigenvalue weighted by molar-refractivity contribution is 0.112. The van der Waals surface area contributed by atoms with Gasteiger partial charge in [0.25, 0.3) is 0 Å². The van der Waals surface area contributed by atoms with E-state index in [0.717, 1.165) is 23.3 Å². The van der Waals surface area contributed by atoms with Crippen LogP contribution in [0.15, 0.2) is 42.5 Å². The van der Waals surface area contributed by atoms with E-state index >= 15 is 0 Å². The topological polar surface area (TPSA) is 35.5 Å². The van der Waals surface area contributed by atoms with Crippen LogP contribution in [0.2, 0.25) is 0 Å². The Balaban J connectivity index is 0.000000204. The molecule has 20 heavy (non-hydrogen) atoms. The number of carbonyl (C=O) groups excluding carboxylic acids is 1. The third-order valence-electron chi connectivity index (χ3n) is 2.88. The van der Waals surface area contributed by atoms with Gasteiger partial charge in [-0.2, -0.15) is 0 Å². The molecule has 0 saturated carbocycles. The fourth-order valence-corrected chi connectivity index (χ4v) is 1.70. The second-order valence-corrected chi connectivity index (χ2v) is 4.32. The highest BCUT2D eigenvalue weighted by Gasteiger charge is 1.97. The molecule has 2 rings (SSSR count). The molecule has 0 heterocycles. The summed E-state index contributed by atoms with van der Waals surface area (Å²) < 4.78 is 10.1. The Morgan fingerprint density at radius 1 is 0.850 bits per heavy atom. The van der Waals surface area contributed by atoms with E-state index in [1.807, 2.05) is 44.2 Å². The SMILES string of the molecule is COc1cc(C=O)ccc1C.COc1ccccc1C. The number of carbonyl (C=O) groups is 1. The van der Waals surface area contributed by atoms with E-state index in [1.54, 1.807) is 26.4 Å². The average molecular weight is 272 g/mol. The number of ether oxygens (including phenoxy) is 2. The minimum atomic E-state index is 0.646. The highest BCUT2D eigenvalue weighted by Crippen LogP contribution is 2.17. The number of hydrogen-bond donors (Lipinski definition) is 0. The number of hydrogen-bond acceptors (Lipinski definition) is 3. The molecule has 0 aliphatic heterocycles. The van der Waals surface area contributed by atoms with E-state index in [9.17, 15) is 4.79 Å². The molecule has 0 aromatic heterocycles. The van der Waals surface area contributed by atoms with Crippen LogP contribution in [-0.2, 0) is 0 Å². The minimum absolute atomic E-state index is 0.646. The second-order valence-electron chi connectivity index (χ2n) is 4.32. The summed E-state index contributed by atoms with van der Waals surface area (Å²) in [6, 6.07) is 13.3. The molecule has 0 atom stereocenters.